The van der Waals surface area contributed by atoms with Crippen LogP contribution in [-0.4, -0.2) is 16.7 Å². The third-order valence-corrected chi connectivity index (χ3v) is 4.06. The number of hydrogen-bond donors (Lipinski definition) is 1. The lowest BCUT2D eigenvalue weighted by molar-refractivity contribution is -0.385. The second kappa shape index (κ2) is 4.84. The molecule has 0 radical (unpaired) electrons. The summed E-state index contributed by atoms with van der Waals surface area (Å²) in [6.07, 6.45) is 1.11. The summed E-state index contributed by atoms with van der Waals surface area (Å²) in [7, 11) is 0. The molecule has 5 heteroatoms. The zero-order valence-corrected chi connectivity index (χ0v) is 9.87. The second-order valence-corrected chi connectivity index (χ2v) is 5.43. The van der Waals surface area contributed by atoms with Crippen LogP contribution in [-0.2, 0) is 0 Å². The number of nitrogens with one attached hydrogen (secondary N) is 1. The molecule has 0 bridgehead atoms. The van der Waals surface area contributed by atoms with Gasteiger partial charge in [-0.3, -0.25) is 10.1 Å². The predicted molar refractivity (Wildman–Crippen MR) is 65.5 cm³/mol. The molecular formula is C11H14N2O2S. The highest BCUT2D eigenvalue weighted by molar-refractivity contribution is 8.00. The molecule has 1 aliphatic heterocycles. The van der Waals surface area contributed by atoms with Crippen LogP contribution in [0.1, 0.15) is 24.3 Å². The van der Waals surface area contributed by atoms with Crippen molar-refractivity contribution in [2.45, 2.75) is 24.0 Å². The summed E-state index contributed by atoms with van der Waals surface area (Å²) in [4.78, 5) is 10.6. The van der Waals surface area contributed by atoms with Gasteiger partial charge >= 0.3 is 0 Å². The van der Waals surface area contributed by atoms with Gasteiger partial charge in [0.1, 0.15) is 0 Å². The number of thioether (sulfide) groups is 1. The van der Waals surface area contributed by atoms with E-state index in [1.807, 2.05) is 12.1 Å². The number of nitrogens with zero attached hydrogens (tertiary/aromatic N) is 1. The van der Waals surface area contributed by atoms with Crippen molar-refractivity contribution in [1.82, 2.24) is 5.32 Å². The van der Waals surface area contributed by atoms with E-state index in [4.69, 9.17) is 0 Å². The number of hydrogen-bond acceptors (Lipinski definition) is 4. The summed E-state index contributed by atoms with van der Waals surface area (Å²) in [5.41, 5.74) is 0.991. The predicted octanol–water partition coefficient (Wildman–Crippen LogP) is 2.71. The Kier molecular flexibility index (Phi) is 3.46. The Hall–Kier alpha value is -1.07. The van der Waals surface area contributed by atoms with Crippen molar-refractivity contribution < 1.29 is 4.92 Å². The van der Waals surface area contributed by atoms with E-state index in [9.17, 15) is 10.1 Å². The zero-order valence-electron chi connectivity index (χ0n) is 9.05. The van der Waals surface area contributed by atoms with Gasteiger partial charge in [-0.2, -0.15) is 0 Å². The third kappa shape index (κ3) is 2.36. The monoisotopic (exact) mass is 238 g/mol. The number of para-hydroxylation sites is 1. The van der Waals surface area contributed by atoms with Gasteiger partial charge in [-0.15, -0.1) is 11.8 Å². The van der Waals surface area contributed by atoms with Gasteiger partial charge in [-0.25, -0.2) is 0 Å². The Morgan fingerprint density at radius 1 is 1.50 bits per heavy atom. The van der Waals surface area contributed by atoms with Gasteiger partial charge in [0.25, 0.3) is 5.69 Å². The van der Waals surface area contributed by atoms with Gasteiger partial charge in [0.2, 0.25) is 0 Å². The average molecular weight is 238 g/mol. The fourth-order valence-electron chi connectivity index (χ4n) is 1.82. The molecule has 1 heterocycles. The lowest BCUT2D eigenvalue weighted by atomic mass is 10.1. The minimum Gasteiger partial charge on any atom is -0.301 e. The Bertz CT molecular complexity index is 397. The van der Waals surface area contributed by atoms with E-state index >= 15 is 0 Å². The lowest BCUT2D eigenvalue weighted by Crippen LogP contribution is -2.29. The van der Waals surface area contributed by atoms with E-state index in [-0.39, 0.29) is 16.0 Å². The molecule has 2 rings (SSSR count). The fourth-order valence-corrected chi connectivity index (χ4v) is 3.10. The molecule has 1 aliphatic rings. The number of nitro groups is 1. The molecule has 0 aromatic heterocycles. The Morgan fingerprint density at radius 2 is 2.25 bits per heavy atom. The van der Waals surface area contributed by atoms with Crippen LogP contribution >= 0.6 is 11.8 Å². The summed E-state index contributed by atoms with van der Waals surface area (Å²) < 4.78 is 0. The highest BCUT2D eigenvalue weighted by atomic mass is 32.2. The zero-order chi connectivity index (χ0) is 11.5. The maximum absolute atomic E-state index is 10.9. The molecule has 1 saturated heterocycles. The standard InChI is InChI=1S/C11H14N2O2S/c1-8-6-7-12-11(16-8)9-4-2-3-5-10(9)13(14)15/h2-5,8,11-12H,6-7H2,1H3. The molecule has 1 N–H and O–H groups in total. The van der Waals surface area contributed by atoms with Crippen molar-refractivity contribution in [2.75, 3.05) is 6.54 Å². The molecule has 86 valence electrons. The molecule has 1 aromatic rings. The van der Waals surface area contributed by atoms with Gasteiger partial charge in [0, 0.05) is 11.3 Å². The largest absolute Gasteiger partial charge is 0.301 e. The summed E-state index contributed by atoms with van der Waals surface area (Å²) in [5.74, 6) is 0. The fraction of sp³-hybridized carbons (Fsp3) is 0.455. The van der Waals surface area contributed by atoms with E-state index in [0.29, 0.717) is 5.25 Å². The van der Waals surface area contributed by atoms with Crippen LogP contribution in [0.3, 0.4) is 0 Å². The van der Waals surface area contributed by atoms with E-state index in [1.165, 1.54) is 0 Å². The Labute approximate surface area is 98.6 Å². The van der Waals surface area contributed by atoms with Gasteiger partial charge in [-0.05, 0) is 19.0 Å². The van der Waals surface area contributed by atoms with Crippen molar-refractivity contribution in [3.05, 3.63) is 39.9 Å². The number of benzene rings is 1. The first kappa shape index (κ1) is 11.4. The SMILES string of the molecule is CC1CCNC(c2ccccc2[N+](=O)[O-])S1. The smallest absolute Gasteiger partial charge is 0.275 e. The van der Waals surface area contributed by atoms with Crippen LogP contribution in [0.15, 0.2) is 24.3 Å². The molecule has 1 fully saturated rings. The lowest BCUT2D eigenvalue weighted by Gasteiger charge is -2.27. The first-order chi connectivity index (χ1) is 7.68. The molecule has 0 spiro atoms. The van der Waals surface area contributed by atoms with Crippen LogP contribution in [0.5, 0.6) is 0 Å². The van der Waals surface area contributed by atoms with Gasteiger partial charge < -0.3 is 5.32 Å². The maximum Gasteiger partial charge on any atom is 0.275 e. The molecule has 4 nitrogen and oxygen atoms in total. The molecule has 0 saturated carbocycles. The molecular weight excluding hydrogens is 224 g/mol. The number of rotatable bonds is 2. The first-order valence-electron chi connectivity index (χ1n) is 5.30. The molecule has 2 unspecified atom stereocenters. The number of nitro benzene ring substituents is 1. The topological polar surface area (TPSA) is 55.2 Å². The third-order valence-electron chi connectivity index (χ3n) is 2.66. The Balaban J connectivity index is 2.28. The summed E-state index contributed by atoms with van der Waals surface area (Å²) in [6.45, 7) is 3.08. The van der Waals surface area contributed by atoms with Crippen LogP contribution in [0.25, 0.3) is 0 Å². The van der Waals surface area contributed by atoms with Crippen molar-refractivity contribution in [3.63, 3.8) is 0 Å². The molecule has 0 amide bonds. The summed E-state index contributed by atoms with van der Waals surface area (Å²) in [5, 5.41) is 14.8. The molecule has 0 aliphatic carbocycles. The minimum atomic E-state index is -0.309. The summed E-state index contributed by atoms with van der Waals surface area (Å²) >= 11 is 1.76. The van der Waals surface area contributed by atoms with E-state index in [1.54, 1.807) is 23.9 Å². The van der Waals surface area contributed by atoms with Crippen LogP contribution in [0.4, 0.5) is 5.69 Å². The van der Waals surface area contributed by atoms with Gasteiger partial charge in [0.15, 0.2) is 0 Å². The first-order valence-corrected chi connectivity index (χ1v) is 6.25. The minimum absolute atomic E-state index is 0.0466. The normalized spacial score (nSPS) is 25.3. The van der Waals surface area contributed by atoms with Crippen molar-refractivity contribution in [3.8, 4) is 0 Å². The average Bonchev–Trinajstić information content (AvgIpc) is 2.29. The highest BCUT2D eigenvalue weighted by Crippen LogP contribution is 2.38. The van der Waals surface area contributed by atoms with Crippen molar-refractivity contribution in [1.29, 1.82) is 0 Å². The molecule has 2 atom stereocenters. The van der Waals surface area contributed by atoms with Crippen molar-refractivity contribution in [2.24, 2.45) is 0 Å². The van der Waals surface area contributed by atoms with Crippen LogP contribution in [0, 0.1) is 10.1 Å². The van der Waals surface area contributed by atoms with E-state index in [2.05, 4.69) is 12.2 Å². The Morgan fingerprint density at radius 3 is 2.94 bits per heavy atom. The van der Waals surface area contributed by atoms with Crippen LogP contribution < -0.4 is 5.32 Å². The van der Waals surface area contributed by atoms with Crippen molar-refractivity contribution >= 4 is 17.4 Å². The summed E-state index contributed by atoms with van der Waals surface area (Å²) in [6, 6.07) is 6.96. The van der Waals surface area contributed by atoms with E-state index in [0.717, 1.165) is 18.5 Å². The van der Waals surface area contributed by atoms with E-state index < -0.39 is 0 Å². The maximum atomic E-state index is 10.9. The quantitative estimate of drug-likeness (QED) is 0.635. The second-order valence-electron chi connectivity index (χ2n) is 3.89. The van der Waals surface area contributed by atoms with Crippen LogP contribution in [0.2, 0.25) is 0 Å². The van der Waals surface area contributed by atoms with Gasteiger partial charge in [-0.1, -0.05) is 19.1 Å². The van der Waals surface area contributed by atoms with Gasteiger partial charge in [0.05, 0.1) is 15.9 Å². The molecule has 16 heavy (non-hydrogen) atoms. The molecule has 1 aromatic carbocycles. The highest BCUT2D eigenvalue weighted by Gasteiger charge is 2.26.